The van der Waals surface area contributed by atoms with Gasteiger partial charge in [0.05, 0.1) is 6.42 Å². The highest BCUT2D eigenvalue weighted by Crippen LogP contribution is 2.51. The number of amides is 3. The number of hydrogen-bond donors (Lipinski definition) is 3. The van der Waals surface area contributed by atoms with Gasteiger partial charge in [0, 0.05) is 37.0 Å². The Morgan fingerprint density at radius 2 is 1.62 bits per heavy atom. The molecule has 7 heteroatoms. The molecule has 152 valence electrons. The van der Waals surface area contributed by atoms with Crippen molar-refractivity contribution >= 4 is 29.2 Å². The minimum absolute atomic E-state index is 0.121. The number of piperidine rings is 1. The third-order valence-electron chi connectivity index (χ3n) is 5.87. The predicted molar refractivity (Wildman–Crippen MR) is 112 cm³/mol. The maximum Gasteiger partial charge on any atom is 0.319 e. The molecular weight excluding hydrogens is 390 g/mol. The number of anilines is 1. The average Bonchev–Trinajstić information content (AvgIpc) is 3.19. The minimum Gasteiger partial charge on any atom is -0.396 e. The molecule has 1 aliphatic heterocycles. The van der Waals surface area contributed by atoms with Crippen molar-refractivity contribution in [2.45, 2.75) is 13.0 Å². The van der Waals surface area contributed by atoms with Crippen LogP contribution in [0.25, 0.3) is 0 Å². The first kappa shape index (κ1) is 19.7. The lowest BCUT2D eigenvalue weighted by Crippen LogP contribution is -2.33. The SMILES string of the molecule is O=C(NCc1ccc(Cl)cc1)Nc1ccc(CC(=O)N2C[C@@H]3C(CO)[C@@H]3C2)cc1. The first-order chi connectivity index (χ1) is 14.0. The first-order valence-corrected chi connectivity index (χ1v) is 10.2. The van der Waals surface area contributed by atoms with Gasteiger partial charge in [-0.05, 0) is 53.1 Å². The molecular formula is C22H24ClN3O3. The van der Waals surface area contributed by atoms with E-state index in [2.05, 4.69) is 10.6 Å². The quantitative estimate of drug-likeness (QED) is 0.681. The zero-order valence-electron chi connectivity index (χ0n) is 16.0. The van der Waals surface area contributed by atoms with Crippen molar-refractivity contribution < 1.29 is 14.7 Å². The van der Waals surface area contributed by atoms with Crippen LogP contribution in [0.4, 0.5) is 10.5 Å². The van der Waals surface area contributed by atoms with E-state index in [4.69, 9.17) is 11.6 Å². The van der Waals surface area contributed by atoms with Crippen LogP contribution in [-0.2, 0) is 17.8 Å². The van der Waals surface area contributed by atoms with Crippen LogP contribution in [0.5, 0.6) is 0 Å². The van der Waals surface area contributed by atoms with Crippen molar-refractivity contribution in [3.05, 3.63) is 64.7 Å². The van der Waals surface area contributed by atoms with Gasteiger partial charge < -0.3 is 20.6 Å². The number of likely N-dealkylation sites (tertiary alicyclic amines) is 1. The molecule has 4 rings (SSSR count). The summed E-state index contributed by atoms with van der Waals surface area (Å²) in [6.45, 7) is 2.17. The fourth-order valence-electron chi connectivity index (χ4n) is 4.08. The van der Waals surface area contributed by atoms with E-state index < -0.39 is 0 Å². The van der Waals surface area contributed by atoms with E-state index in [1.807, 2.05) is 29.2 Å². The zero-order chi connectivity index (χ0) is 20.4. The number of nitrogens with zero attached hydrogens (tertiary/aromatic N) is 1. The molecule has 1 unspecified atom stereocenters. The third kappa shape index (κ3) is 4.71. The summed E-state index contributed by atoms with van der Waals surface area (Å²) in [6, 6.07) is 14.3. The van der Waals surface area contributed by atoms with Gasteiger partial charge in [-0.25, -0.2) is 4.79 Å². The number of aliphatic hydroxyl groups is 1. The van der Waals surface area contributed by atoms with Gasteiger partial charge in [-0.3, -0.25) is 4.79 Å². The maximum atomic E-state index is 12.5. The number of carbonyl (C=O) groups excluding carboxylic acids is 2. The van der Waals surface area contributed by atoms with Crippen molar-refractivity contribution in [2.24, 2.45) is 17.8 Å². The van der Waals surface area contributed by atoms with Crippen molar-refractivity contribution in [1.29, 1.82) is 0 Å². The third-order valence-corrected chi connectivity index (χ3v) is 6.12. The first-order valence-electron chi connectivity index (χ1n) is 9.80. The van der Waals surface area contributed by atoms with Crippen LogP contribution in [0.1, 0.15) is 11.1 Å². The van der Waals surface area contributed by atoms with E-state index in [0.29, 0.717) is 41.4 Å². The highest BCUT2D eigenvalue weighted by Gasteiger charge is 2.55. The highest BCUT2D eigenvalue weighted by molar-refractivity contribution is 6.30. The van der Waals surface area contributed by atoms with Crippen LogP contribution in [0.15, 0.2) is 48.5 Å². The van der Waals surface area contributed by atoms with Crippen LogP contribution in [0.3, 0.4) is 0 Å². The summed E-state index contributed by atoms with van der Waals surface area (Å²) in [7, 11) is 0. The molecule has 6 nitrogen and oxygen atoms in total. The summed E-state index contributed by atoms with van der Waals surface area (Å²) in [5, 5.41) is 15.5. The highest BCUT2D eigenvalue weighted by atomic mass is 35.5. The Hall–Kier alpha value is -2.57. The second kappa shape index (κ2) is 8.43. The maximum absolute atomic E-state index is 12.5. The Labute approximate surface area is 174 Å². The number of hydrogen-bond acceptors (Lipinski definition) is 3. The molecule has 1 saturated heterocycles. The Morgan fingerprint density at radius 1 is 1.00 bits per heavy atom. The van der Waals surface area contributed by atoms with Gasteiger partial charge in [-0.15, -0.1) is 0 Å². The summed E-state index contributed by atoms with van der Waals surface area (Å²) in [6.07, 6.45) is 0.353. The van der Waals surface area contributed by atoms with Crippen molar-refractivity contribution in [2.75, 3.05) is 25.0 Å². The molecule has 1 aliphatic carbocycles. The Bertz CT molecular complexity index is 873. The zero-order valence-corrected chi connectivity index (χ0v) is 16.7. The monoisotopic (exact) mass is 413 g/mol. The molecule has 3 amide bonds. The molecule has 2 aromatic carbocycles. The van der Waals surface area contributed by atoms with Crippen molar-refractivity contribution in [3.8, 4) is 0 Å². The topological polar surface area (TPSA) is 81.7 Å². The molecule has 29 heavy (non-hydrogen) atoms. The molecule has 0 aromatic heterocycles. The smallest absolute Gasteiger partial charge is 0.319 e. The second-order valence-electron chi connectivity index (χ2n) is 7.78. The number of rotatable bonds is 6. The Morgan fingerprint density at radius 3 is 2.24 bits per heavy atom. The standard InChI is InChI=1S/C22H24ClN3O3/c23-16-5-1-15(2-6-16)10-24-22(29)25-17-7-3-14(4-8-17)9-21(28)26-11-18-19(12-26)20(18)13-27/h1-8,18-20,27H,9-13H2,(H2,24,25,29)/t18-,19+,20?. The van der Waals surface area contributed by atoms with Crippen molar-refractivity contribution in [3.63, 3.8) is 0 Å². The van der Waals surface area contributed by atoms with E-state index in [1.54, 1.807) is 24.3 Å². The lowest BCUT2D eigenvalue weighted by atomic mass is 10.1. The van der Waals surface area contributed by atoms with Gasteiger partial charge in [0.2, 0.25) is 5.91 Å². The van der Waals surface area contributed by atoms with Crippen LogP contribution < -0.4 is 10.6 Å². The molecule has 3 N–H and O–H groups in total. The lowest BCUT2D eigenvalue weighted by Gasteiger charge is -2.19. The molecule has 1 saturated carbocycles. The van der Waals surface area contributed by atoms with E-state index in [0.717, 1.165) is 24.2 Å². The molecule has 1 heterocycles. The van der Waals surface area contributed by atoms with E-state index >= 15 is 0 Å². The largest absolute Gasteiger partial charge is 0.396 e. The fraction of sp³-hybridized carbons (Fsp3) is 0.364. The number of carbonyl (C=O) groups is 2. The van der Waals surface area contributed by atoms with Crippen LogP contribution in [0, 0.1) is 17.8 Å². The number of benzene rings is 2. The molecule has 3 atom stereocenters. The van der Waals surface area contributed by atoms with E-state index in [1.165, 1.54) is 0 Å². The van der Waals surface area contributed by atoms with Gasteiger partial charge in [0.1, 0.15) is 0 Å². The van der Waals surface area contributed by atoms with Crippen LogP contribution in [-0.4, -0.2) is 41.6 Å². The summed E-state index contributed by atoms with van der Waals surface area (Å²) in [5.41, 5.74) is 2.55. The normalized spacial score (nSPS) is 22.1. The number of fused-ring (bicyclic) bond motifs is 1. The minimum atomic E-state index is -0.293. The van der Waals surface area contributed by atoms with Gasteiger partial charge in [0.25, 0.3) is 0 Å². The molecule has 2 fully saturated rings. The number of aliphatic hydroxyl groups excluding tert-OH is 1. The van der Waals surface area contributed by atoms with Gasteiger partial charge in [-0.1, -0.05) is 35.9 Å². The fourth-order valence-corrected chi connectivity index (χ4v) is 4.20. The van der Waals surface area contributed by atoms with Gasteiger partial charge in [0.15, 0.2) is 0 Å². The summed E-state index contributed by atoms with van der Waals surface area (Å²) < 4.78 is 0. The van der Waals surface area contributed by atoms with Gasteiger partial charge in [-0.2, -0.15) is 0 Å². The summed E-state index contributed by atoms with van der Waals surface area (Å²) in [5.74, 6) is 1.49. The number of urea groups is 1. The summed E-state index contributed by atoms with van der Waals surface area (Å²) in [4.78, 5) is 26.4. The Kier molecular flexibility index (Phi) is 5.74. The molecule has 2 aliphatic rings. The van der Waals surface area contributed by atoms with E-state index in [9.17, 15) is 14.7 Å². The number of nitrogens with one attached hydrogen (secondary N) is 2. The molecule has 0 spiro atoms. The van der Waals surface area contributed by atoms with Crippen LogP contribution >= 0.6 is 11.6 Å². The molecule has 0 bridgehead atoms. The van der Waals surface area contributed by atoms with E-state index in [-0.39, 0.29) is 18.5 Å². The second-order valence-corrected chi connectivity index (χ2v) is 8.22. The summed E-state index contributed by atoms with van der Waals surface area (Å²) >= 11 is 5.85. The lowest BCUT2D eigenvalue weighted by molar-refractivity contribution is -0.130. The Balaban J connectivity index is 1.22. The molecule has 0 radical (unpaired) electrons. The average molecular weight is 414 g/mol. The number of halogens is 1. The van der Waals surface area contributed by atoms with Gasteiger partial charge >= 0.3 is 6.03 Å². The molecule has 2 aromatic rings. The predicted octanol–water partition coefficient (Wildman–Crippen LogP) is 2.90. The van der Waals surface area contributed by atoms with Crippen molar-refractivity contribution in [1.82, 2.24) is 10.2 Å². The van der Waals surface area contributed by atoms with Crippen LogP contribution in [0.2, 0.25) is 5.02 Å².